The molecule has 0 spiro atoms. The van der Waals surface area contributed by atoms with Gasteiger partial charge in [0.1, 0.15) is 5.82 Å². The number of hydrogen-bond acceptors (Lipinski definition) is 4. The highest BCUT2D eigenvalue weighted by Gasteiger charge is 2.28. The van der Waals surface area contributed by atoms with Crippen LogP contribution in [0.25, 0.3) is 0 Å². The van der Waals surface area contributed by atoms with Crippen LogP contribution in [0, 0.1) is 5.92 Å². The fourth-order valence-electron chi connectivity index (χ4n) is 2.48. The Morgan fingerprint density at radius 3 is 2.90 bits per heavy atom. The first kappa shape index (κ1) is 16.5. The molecule has 2 rings (SSSR count). The number of ether oxygens (including phenoxy) is 1. The third-order valence-corrected chi connectivity index (χ3v) is 3.88. The highest BCUT2D eigenvalue weighted by molar-refractivity contribution is 6.31. The molecule has 0 radical (unpaired) electrons. The van der Waals surface area contributed by atoms with E-state index in [1.54, 1.807) is 6.20 Å². The Morgan fingerprint density at radius 1 is 1.48 bits per heavy atom. The molecule has 0 aromatic carbocycles. The van der Waals surface area contributed by atoms with E-state index in [0.29, 0.717) is 5.92 Å². The lowest BCUT2D eigenvalue weighted by molar-refractivity contribution is -0.0279. The molecular formula is C16H26ClN3O. The van der Waals surface area contributed by atoms with Crippen LogP contribution in [0.3, 0.4) is 0 Å². The molecule has 0 saturated carbocycles. The molecule has 0 aliphatic carbocycles. The van der Waals surface area contributed by atoms with Gasteiger partial charge in [0, 0.05) is 25.8 Å². The van der Waals surface area contributed by atoms with E-state index < -0.39 is 0 Å². The van der Waals surface area contributed by atoms with Crippen molar-refractivity contribution >= 4 is 17.4 Å². The van der Waals surface area contributed by atoms with E-state index in [9.17, 15) is 0 Å². The van der Waals surface area contributed by atoms with Crippen LogP contribution >= 0.6 is 11.6 Å². The molecule has 2 heterocycles. The summed E-state index contributed by atoms with van der Waals surface area (Å²) in [5, 5.41) is 4.16. The number of morpholine rings is 1. The number of nitrogens with one attached hydrogen (secondary N) is 1. The summed E-state index contributed by atoms with van der Waals surface area (Å²) in [5.74, 6) is 1.61. The smallest absolute Gasteiger partial charge is 0.129 e. The number of aromatic nitrogens is 1. The Balaban J connectivity index is 2.07. The quantitative estimate of drug-likeness (QED) is 0.906. The van der Waals surface area contributed by atoms with Crippen LogP contribution in [0.15, 0.2) is 12.3 Å². The normalized spacial score (nSPS) is 18.3. The van der Waals surface area contributed by atoms with Crippen LogP contribution in [-0.2, 0) is 11.3 Å². The SMILES string of the molecule is CC(C)CNCc1cc(N2CCOC(C)(C)C2)ncc1Cl. The Labute approximate surface area is 132 Å². The first-order valence-electron chi connectivity index (χ1n) is 7.61. The van der Waals surface area contributed by atoms with Gasteiger partial charge in [0.2, 0.25) is 0 Å². The predicted molar refractivity (Wildman–Crippen MR) is 88.0 cm³/mol. The Morgan fingerprint density at radius 2 is 2.24 bits per heavy atom. The van der Waals surface area contributed by atoms with Crippen LogP contribution in [0.4, 0.5) is 5.82 Å². The Kier molecular flexibility index (Phi) is 5.47. The molecule has 0 amide bonds. The second-order valence-electron chi connectivity index (χ2n) is 6.69. The van der Waals surface area contributed by atoms with Crippen molar-refractivity contribution in [3.05, 3.63) is 22.8 Å². The van der Waals surface area contributed by atoms with Gasteiger partial charge in [-0.15, -0.1) is 0 Å². The van der Waals surface area contributed by atoms with E-state index in [1.807, 2.05) is 0 Å². The monoisotopic (exact) mass is 311 g/mol. The van der Waals surface area contributed by atoms with Crippen LogP contribution in [-0.4, -0.2) is 36.8 Å². The van der Waals surface area contributed by atoms with Crippen molar-refractivity contribution in [2.75, 3.05) is 31.1 Å². The summed E-state index contributed by atoms with van der Waals surface area (Å²) in [6.45, 7) is 12.8. The van der Waals surface area contributed by atoms with E-state index in [2.05, 4.69) is 49.0 Å². The summed E-state index contributed by atoms with van der Waals surface area (Å²) in [6, 6.07) is 2.09. The van der Waals surface area contributed by atoms with Crippen molar-refractivity contribution < 1.29 is 4.74 Å². The largest absolute Gasteiger partial charge is 0.372 e. The lowest BCUT2D eigenvalue weighted by atomic mass is 10.1. The number of pyridine rings is 1. The lowest BCUT2D eigenvalue weighted by Gasteiger charge is -2.38. The van der Waals surface area contributed by atoms with Gasteiger partial charge in [0.05, 0.1) is 17.2 Å². The second-order valence-corrected chi connectivity index (χ2v) is 7.10. The van der Waals surface area contributed by atoms with Crippen molar-refractivity contribution in [1.29, 1.82) is 0 Å². The minimum atomic E-state index is -0.129. The molecule has 1 aromatic rings. The maximum absolute atomic E-state index is 6.26. The van der Waals surface area contributed by atoms with Crippen molar-refractivity contribution in [3.8, 4) is 0 Å². The molecule has 0 atom stereocenters. The lowest BCUT2D eigenvalue weighted by Crippen LogP contribution is -2.48. The van der Waals surface area contributed by atoms with Crippen molar-refractivity contribution in [2.45, 2.75) is 39.8 Å². The summed E-state index contributed by atoms with van der Waals surface area (Å²) in [7, 11) is 0. The number of rotatable bonds is 5. The van der Waals surface area contributed by atoms with Gasteiger partial charge in [-0.2, -0.15) is 0 Å². The molecule has 1 saturated heterocycles. The summed E-state index contributed by atoms with van der Waals surface area (Å²) in [5.41, 5.74) is 0.974. The van der Waals surface area contributed by atoms with Gasteiger partial charge in [-0.1, -0.05) is 25.4 Å². The van der Waals surface area contributed by atoms with Gasteiger partial charge in [-0.25, -0.2) is 4.98 Å². The molecule has 4 nitrogen and oxygen atoms in total. The van der Waals surface area contributed by atoms with E-state index >= 15 is 0 Å². The molecule has 5 heteroatoms. The Bertz CT molecular complexity index is 477. The van der Waals surface area contributed by atoms with Crippen LogP contribution < -0.4 is 10.2 Å². The number of nitrogens with zero attached hydrogens (tertiary/aromatic N) is 2. The fourth-order valence-corrected chi connectivity index (χ4v) is 2.65. The molecule has 1 fully saturated rings. The van der Waals surface area contributed by atoms with Gasteiger partial charge in [-0.05, 0) is 37.9 Å². The zero-order chi connectivity index (χ0) is 15.5. The molecule has 118 valence electrons. The van der Waals surface area contributed by atoms with E-state index in [4.69, 9.17) is 16.3 Å². The molecule has 1 aliphatic rings. The number of halogens is 1. The highest BCUT2D eigenvalue weighted by Crippen LogP contribution is 2.25. The molecule has 1 aliphatic heterocycles. The van der Waals surface area contributed by atoms with Crippen LogP contribution in [0.5, 0.6) is 0 Å². The molecule has 0 bridgehead atoms. The highest BCUT2D eigenvalue weighted by atomic mass is 35.5. The summed E-state index contributed by atoms with van der Waals surface area (Å²) in [4.78, 5) is 6.75. The molecule has 0 unspecified atom stereocenters. The van der Waals surface area contributed by atoms with E-state index in [-0.39, 0.29) is 5.60 Å². The van der Waals surface area contributed by atoms with Gasteiger partial charge in [0.15, 0.2) is 0 Å². The molecule has 1 aromatic heterocycles. The number of anilines is 1. The maximum Gasteiger partial charge on any atom is 0.129 e. The average molecular weight is 312 g/mol. The molecule has 1 N–H and O–H groups in total. The van der Waals surface area contributed by atoms with Crippen molar-refractivity contribution in [1.82, 2.24) is 10.3 Å². The van der Waals surface area contributed by atoms with Crippen LogP contribution in [0.1, 0.15) is 33.3 Å². The first-order chi connectivity index (χ1) is 9.87. The third-order valence-electron chi connectivity index (χ3n) is 3.54. The minimum absolute atomic E-state index is 0.129. The maximum atomic E-state index is 6.26. The zero-order valence-electron chi connectivity index (χ0n) is 13.4. The van der Waals surface area contributed by atoms with Gasteiger partial charge < -0.3 is 15.0 Å². The summed E-state index contributed by atoms with van der Waals surface area (Å²) < 4.78 is 5.75. The fraction of sp³-hybridized carbons (Fsp3) is 0.688. The average Bonchev–Trinajstić information content (AvgIpc) is 2.39. The minimum Gasteiger partial charge on any atom is -0.372 e. The second kappa shape index (κ2) is 6.95. The third kappa shape index (κ3) is 4.83. The van der Waals surface area contributed by atoms with Crippen molar-refractivity contribution in [2.24, 2.45) is 5.92 Å². The van der Waals surface area contributed by atoms with E-state index in [0.717, 1.165) is 49.2 Å². The standard InChI is InChI=1S/C16H26ClN3O/c1-12(2)8-18-9-13-7-15(19-10-14(13)17)20-5-6-21-16(3,4)11-20/h7,10,12,18H,5-6,8-9,11H2,1-4H3. The molecular weight excluding hydrogens is 286 g/mol. The summed E-state index contributed by atoms with van der Waals surface area (Å²) >= 11 is 6.26. The predicted octanol–water partition coefficient (Wildman–Crippen LogP) is 3.10. The number of hydrogen-bond donors (Lipinski definition) is 1. The van der Waals surface area contributed by atoms with E-state index in [1.165, 1.54) is 0 Å². The molecule has 21 heavy (non-hydrogen) atoms. The van der Waals surface area contributed by atoms with Crippen LogP contribution in [0.2, 0.25) is 5.02 Å². The topological polar surface area (TPSA) is 37.4 Å². The Hall–Kier alpha value is -0.840. The van der Waals surface area contributed by atoms with Crippen molar-refractivity contribution in [3.63, 3.8) is 0 Å². The van der Waals surface area contributed by atoms with Gasteiger partial charge >= 0.3 is 0 Å². The van der Waals surface area contributed by atoms with Gasteiger partial charge in [0.25, 0.3) is 0 Å². The summed E-state index contributed by atoms with van der Waals surface area (Å²) in [6.07, 6.45) is 1.76. The zero-order valence-corrected chi connectivity index (χ0v) is 14.2. The van der Waals surface area contributed by atoms with Gasteiger partial charge in [-0.3, -0.25) is 0 Å². The first-order valence-corrected chi connectivity index (χ1v) is 7.99.